The summed E-state index contributed by atoms with van der Waals surface area (Å²) in [5.74, 6) is -1.10. The second-order valence-electron chi connectivity index (χ2n) is 5.02. The molecule has 1 aliphatic rings. The maximum atomic E-state index is 12.2. The molecule has 5 heteroatoms. The number of hydrogen-bond donors (Lipinski definition) is 2. The first kappa shape index (κ1) is 14.9. The maximum Gasteiger partial charge on any atom is 0.335 e. The third-order valence-corrected chi connectivity index (χ3v) is 4.89. The van der Waals surface area contributed by atoms with E-state index in [0.717, 1.165) is 19.3 Å². The zero-order valence-corrected chi connectivity index (χ0v) is 12.3. The van der Waals surface area contributed by atoms with Crippen molar-refractivity contribution < 1.29 is 14.7 Å². The van der Waals surface area contributed by atoms with Crippen molar-refractivity contribution in [1.29, 1.82) is 0 Å². The summed E-state index contributed by atoms with van der Waals surface area (Å²) in [7, 11) is 0. The third-order valence-electron chi connectivity index (χ3n) is 3.72. The van der Waals surface area contributed by atoms with E-state index in [0.29, 0.717) is 10.8 Å². The molecule has 1 saturated carbocycles. The highest BCUT2D eigenvalue weighted by atomic mass is 32.2. The summed E-state index contributed by atoms with van der Waals surface area (Å²) < 4.78 is 0. The maximum absolute atomic E-state index is 12.2. The molecule has 1 aliphatic carbocycles. The van der Waals surface area contributed by atoms with Gasteiger partial charge in [0.05, 0.1) is 5.56 Å². The van der Waals surface area contributed by atoms with Gasteiger partial charge in [0, 0.05) is 16.9 Å². The van der Waals surface area contributed by atoms with Gasteiger partial charge >= 0.3 is 5.97 Å². The number of carboxylic acids is 1. The lowest BCUT2D eigenvalue weighted by molar-refractivity contribution is 0.0696. The highest BCUT2D eigenvalue weighted by molar-refractivity contribution is 7.99. The van der Waals surface area contributed by atoms with Crippen molar-refractivity contribution in [2.45, 2.75) is 37.0 Å². The number of benzene rings is 1. The monoisotopic (exact) mass is 293 g/mol. The van der Waals surface area contributed by atoms with E-state index < -0.39 is 5.97 Å². The Hall–Kier alpha value is -1.49. The molecule has 4 nitrogen and oxygen atoms in total. The summed E-state index contributed by atoms with van der Waals surface area (Å²) in [4.78, 5) is 23.0. The lowest BCUT2D eigenvalue weighted by atomic mass is 9.94. The van der Waals surface area contributed by atoms with Crippen LogP contribution >= 0.6 is 11.8 Å². The number of hydrogen-bond acceptors (Lipinski definition) is 3. The Bertz CT molecular complexity index is 486. The van der Waals surface area contributed by atoms with Crippen LogP contribution in [0.25, 0.3) is 0 Å². The first-order valence-corrected chi connectivity index (χ1v) is 8.07. The molecule has 1 aromatic carbocycles. The minimum atomic E-state index is -0.980. The molecule has 0 radical (unpaired) electrons. The Balaban J connectivity index is 2.01. The average Bonchev–Trinajstić information content (AvgIpc) is 2.48. The van der Waals surface area contributed by atoms with Crippen LogP contribution in [0.4, 0.5) is 0 Å². The third kappa shape index (κ3) is 3.54. The molecule has 1 aromatic rings. The van der Waals surface area contributed by atoms with Crippen molar-refractivity contribution in [3.63, 3.8) is 0 Å². The van der Waals surface area contributed by atoms with Gasteiger partial charge in [0.1, 0.15) is 0 Å². The standard InChI is InChI=1S/C15H19NO3S/c1-20-13-5-3-2-4-12(13)16-14(17)10-6-8-11(9-7-10)15(18)19/h6-9,12-13H,2-5H2,1H3,(H,16,17)(H,18,19). The quantitative estimate of drug-likeness (QED) is 0.896. The lowest BCUT2D eigenvalue weighted by Crippen LogP contribution is -2.43. The topological polar surface area (TPSA) is 66.4 Å². The molecule has 20 heavy (non-hydrogen) atoms. The van der Waals surface area contributed by atoms with Crippen molar-refractivity contribution in [3.05, 3.63) is 35.4 Å². The van der Waals surface area contributed by atoms with Gasteiger partial charge in [-0.2, -0.15) is 11.8 Å². The van der Waals surface area contributed by atoms with Gasteiger partial charge in [0.25, 0.3) is 5.91 Å². The van der Waals surface area contributed by atoms with Crippen molar-refractivity contribution in [3.8, 4) is 0 Å². The summed E-state index contributed by atoms with van der Waals surface area (Å²) in [5, 5.41) is 12.4. The predicted molar refractivity (Wildman–Crippen MR) is 80.4 cm³/mol. The molecule has 0 spiro atoms. The summed E-state index contributed by atoms with van der Waals surface area (Å²) in [6.07, 6.45) is 6.62. The summed E-state index contributed by atoms with van der Waals surface area (Å²) in [6, 6.07) is 6.27. The summed E-state index contributed by atoms with van der Waals surface area (Å²) in [5.41, 5.74) is 0.710. The fourth-order valence-electron chi connectivity index (χ4n) is 2.56. The Morgan fingerprint density at radius 1 is 1.15 bits per heavy atom. The Morgan fingerprint density at radius 3 is 2.35 bits per heavy atom. The molecule has 2 unspecified atom stereocenters. The van der Waals surface area contributed by atoms with E-state index in [-0.39, 0.29) is 17.5 Å². The SMILES string of the molecule is CSC1CCCCC1NC(=O)c1ccc(C(=O)O)cc1. The van der Waals surface area contributed by atoms with Gasteiger partial charge < -0.3 is 10.4 Å². The van der Waals surface area contributed by atoms with Crippen LogP contribution in [-0.2, 0) is 0 Å². The Labute approximate surface area is 123 Å². The number of carboxylic acid groups (broad SMARTS) is 1. The molecule has 108 valence electrons. The zero-order valence-electron chi connectivity index (χ0n) is 11.5. The molecule has 2 N–H and O–H groups in total. The van der Waals surface area contributed by atoms with E-state index in [2.05, 4.69) is 11.6 Å². The number of aromatic carboxylic acids is 1. The van der Waals surface area contributed by atoms with E-state index >= 15 is 0 Å². The minimum absolute atomic E-state index is 0.118. The largest absolute Gasteiger partial charge is 0.478 e. The van der Waals surface area contributed by atoms with E-state index in [9.17, 15) is 9.59 Å². The van der Waals surface area contributed by atoms with Crippen molar-refractivity contribution in [2.75, 3.05) is 6.26 Å². The van der Waals surface area contributed by atoms with Gasteiger partial charge in [-0.05, 0) is 43.4 Å². The molecule has 1 amide bonds. The van der Waals surface area contributed by atoms with Gasteiger partial charge in [-0.3, -0.25) is 4.79 Å². The van der Waals surface area contributed by atoms with Crippen LogP contribution in [0.15, 0.2) is 24.3 Å². The number of rotatable bonds is 4. The van der Waals surface area contributed by atoms with Crippen LogP contribution in [0, 0.1) is 0 Å². The molecule has 0 aliphatic heterocycles. The molecular weight excluding hydrogens is 274 g/mol. The fraction of sp³-hybridized carbons (Fsp3) is 0.467. The van der Waals surface area contributed by atoms with E-state index in [4.69, 9.17) is 5.11 Å². The second kappa shape index (κ2) is 6.79. The highest BCUT2D eigenvalue weighted by Gasteiger charge is 2.25. The van der Waals surface area contributed by atoms with Crippen molar-refractivity contribution in [1.82, 2.24) is 5.32 Å². The van der Waals surface area contributed by atoms with Crippen molar-refractivity contribution >= 4 is 23.6 Å². The first-order chi connectivity index (χ1) is 9.61. The van der Waals surface area contributed by atoms with Gasteiger partial charge in [-0.25, -0.2) is 4.79 Å². The number of amides is 1. The summed E-state index contributed by atoms with van der Waals surface area (Å²) in [6.45, 7) is 0. The number of thioether (sulfide) groups is 1. The Kier molecular flexibility index (Phi) is 5.06. The molecule has 0 aromatic heterocycles. The minimum Gasteiger partial charge on any atom is -0.478 e. The highest BCUT2D eigenvalue weighted by Crippen LogP contribution is 2.27. The molecular formula is C15H19NO3S. The van der Waals surface area contributed by atoms with Crippen molar-refractivity contribution in [2.24, 2.45) is 0 Å². The van der Waals surface area contributed by atoms with Crippen LogP contribution in [0.2, 0.25) is 0 Å². The van der Waals surface area contributed by atoms with Gasteiger partial charge in [0.2, 0.25) is 0 Å². The predicted octanol–water partition coefficient (Wildman–Crippen LogP) is 2.79. The second-order valence-corrected chi connectivity index (χ2v) is 6.10. The molecule has 0 saturated heterocycles. The average molecular weight is 293 g/mol. The number of carbonyl (C=O) groups excluding carboxylic acids is 1. The first-order valence-electron chi connectivity index (χ1n) is 6.79. The fourth-order valence-corrected chi connectivity index (χ4v) is 3.50. The van der Waals surface area contributed by atoms with Crippen LogP contribution in [-0.4, -0.2) is 34.5 Å². The van der Waals surface area contributed by atoms with Gasteiger partial charge in [-0.1, -0.05) is 12.8 Å². The van der Waals surface area contributed by atoms with E-state index in [1.807, 2.05) is 0 Å². The lowest BCUT2D eigenvalue weighted by Gasteiger charge is -2.30. The molecule has 1 fully saturated rings. The molecule has 2 rings (SSSR count). The van der Waals surface area contributed by atoms with Gasteiger partial charge in [-0.15, -0.1) is 0 Å². The normalized spacial score (nSPS) is 22.2. The number of nitrogens with one attached hydrogen (secondary N) is 1. The molecule has 0 bridgehead atoms. The van der Waals surface area contributed by atoms with Gasteiger partial charge in [0.15, 0.2) is 0 Å². The van der Waals surface area contributed by atoms with Crippen LogP contribution < -0.4 is 5.32 Å². The van der Waals surface area contributed by atoms with E-state index in [1.54, 1.807) is 23.9 Å². The zero-order chi connectivity index (χ0) is 14.5. The van der Waals surface area contributed by atoms with Crippen LogP contribution in [0.1, 0.15) is 46.4 Å². The Morgan fingerprint density at radius 2 is 1.75 bits per heavy atom. The molecule has 2 atom stereocenters. The van der Waals surface area contributed by atoms with Crippen LogP contribution in [0.3, 0.4) is 0 Å². The van der Waals surface area contributed by atoms with Crippen LogP contribution in [0.5, 0.6) is 0 Å². The smallest absolute Gasteiger partial charge is 0.335 e. The summed E-state index contributed by atoms with van der Waals surface area (Å²) >= 11 is 1.80. The van der Waals surface area contributed by atoms with E-state index in [1.165, 1.54) is 18.6 Å². The number of carbonyl (C=O) groups is 2. The molecule has 0 heterocycles.